The van der Waals surface area contributed by atoms with Crippen molar-refractivity contribution in [3.05, 3.63) is 65.9 Å². The molecule has 6 rings (SSSR count). The lowest BCUT2D eigenvalue weighted by molar-refractivity contribution is 0.100. The van der Waals surface area contributed by atoms with Crippen molar-refractivity contribution in [3.63, 3.8) is 0 Å². The Balaban J connectivity index is 1.27. The number of benzene rings is 2. The number of hydrogen-bond donors (Lipinski definition) is 1. The molecule has 0 saturated heterocycles. The quantitative estimate of drug-likeness (QED) is 0.334. The van der Waals surface area contributed by atoms with Crippen LogP contribution in [0.25, 0.3) is 31.8 Å². The van der Waals surface area contributed by atoms with E-state index in [1.165, 1.54) is 23.6 Å². The summed E-state index contributed by atoms with van der Waals surface area (Å²) in [6.07, 6.45) is 3.91. The van der Waals surface area contributed by atoms with Gasteiger partial charge in [0.25, 0.3) is 0 Å². The maximum atomic E-state index is 15.0. The summed E-state index contributed by atoms with van der Waals surface area (Å²) in [4.78, 5) is 29.8. The van der Waals surface area contributed by atoms with Gasteiger partial charge in [-0.3, -0.25) is 10.3 Å². The summed E-state index contributed by atoms with van der Waals surface area (Å²) >= 11 is 1.44. The van der Waals surface area contributed by atoms with Crippen molar-refractivity contribution in [2.24, 2.45) is 0 Å². The number of pyridine rings is 1. The third kappa shape index (κ3) is 4.38. The minimum Gasteiger partial charge on any atom is -0.483 e. The summed E-state index contributed by atoms with van der Waals surface area (Å²) in [6.45, 7) is 1.94. The minimum atomic E-state index is -0.637. The molecule has 0 radical (unpaired) electrons. The molecule has 0 spiro atoms. The highest BCUT2D eigenvalue weighted by Crippen LogP contribution is 2.43. The summed E-state index contributed by atoms with van der Waals surface area (Å²) in [5.74, 6) is 0.0932. The molecule has 11 heteroatoms. The van der Waals surface area contributed by atoms with Gasteiger partial charge in [0.1, 0.15) is 17.7 Å². The summed E-state index contributed by atoms with van der Waals surface area (Å²) < 4.78 is 32.1. The number of nitrogens with zero attached hydrogens (tertiary/aromatic N) is 4. The molecule has 4 heterocycles. The largest absolute Gasteiger partial charge is 0.483 e. The van der Waals surface area contributed by atoms with Crippen LogP contribution in [-0.4, -0.2) is 45.8 Å². The molecule has 3 aromatic heterocycles. The number of thiazole rings is 1. The summed E-state index contributed by atoms with van der Waals surface area (Å²) in [6, 6.07) is 8.70. The molecule has 0 saturated carbocycles. The lowest BCUT2D eigenvalue weighted by atomic mass is 10.1. The Morgan fingerprint density at radius 1 is 1.24 bits per heavy atom. The van der Waals surface area contributed by atoms with Crippen LogP contribution in [-0.2, 0) is 11.2 Å². The first-order chi connectivity index (χ1) is 18.0. The van der Waals surface area contributed by atoms with Gasteiger partial charge in [-0.05, 0) is 36.8 Å². The highest BCUT2D eigenvalue weighted by Gasteiger charge is 2.31. The first-order valence-electron chi connectivity index (χ1n) is 11.4. The van der Waals surface area contributed by atoms with E-state index in [0.717, 1.165) is 15.8 Å². The van der Waals surface area contributed by atoms with Crippen LogP contribution < -0.4 is 14.8 Å². The van der Waals surface area contributed by atoms with Gasteiger partial charge in [0, 0.05) is 29.8 Å². The molecule has 5 aromatic rings. The number of nitrogens with one attached hydrogen (secondary N) is 1. The highest BCUT2D eigenvalue weighted by atomic mass is 32.1. The first kappa shape index (κ1) is 23.0. The van der Waals surface area contributed by atoms with Crippen LogP contribution in [0.5, 0.6) is 11.6 Å². The number of methoxy groups -OCH3 is 1. The second kappa shape index (κ2) is 9.25. The summed E-state index contributed by atoms with van der Waals surface area (Å²) in [5, 5.41) is 3.30. The molecule has 1 aliphatic rings. The average molecular weight is 518 g/mol. The fourth-order valence-electron chi connectivity index (χ4n) is 4.30. The molecule has 1 aliphatic heterocycles. The number of hydrogen-bond acceptors (Lipinski definition) is 9. The van der Waals surface area contributed by atoms with Crippen LogP contribution in [0.3, 0.4) is 0 Å². The second-order valence-electron chi connectivity index (χ2n) is 8.54. The van der Waals surface area contributed by atoms with Crippen LogP contribution in [0.1, 0.15) is 11.1 Å². The number of ether oxygens (including phenoxy) is 3. The Morgan fingerprint density at radius 2 is 2.14 bits per heavy atom. The van der Waals surface area contributed by atoms with Gasteiger partial charge >= 0.3 is 6.09 Å². The molecule has 37 heavy (non-hydrogen) atoms. The normalized spacial score (nSPS) is 14.4. The van der Waals surface area contributed by atoms with E-state index in [1.807, 2.05) is 19.1 Å². The third-order valence-corrected chi connectivity index (χ3v) is 7.08. The van der Waals surface area contributed by atoms with Crippen LogP contribution in [0.2, 0.25) is 0 Å². The van der Waals surface area contributed by atoms with Crippen molar-refractivity contribution >= 4 is 44.4 Å². The molecular formula is C26H20FN5O4S. The Morgan fingerprint density at radius 3 is 2.95 bits per heavy atom. The van der Waals surface area contributed by atoms with Gasteiger partial charge < -0.3 is 14.2 Å². The van der Waals surface area contributed by atoms with E-state index in [9.17, 15) is 9.18 Å². The van der Waals surface area contributed by atoms with Crippen LogP contribution in [0.15, 0.2) is 48.9 Å². The van der Waals surface area contributed by atoms with Gasteiger partial charge in [-0.25, -0.2) is 24.1 Å². The summed E-state index contributed by atoms with van der Waals surface area (Å²) in [5.41, 5.74) is 4.94. The molecule has 186 valence electrons. The molecule has 9 nitrogen and oxygen atoms in total. The minimum absolute atomic E-state index is 0.0344. The van der Waals surface area contributed by atoms with E-state index in [2.05, 4.69) is 20.3 Å². The number of amides is 1. The monoisotopic (exact) mass is 517 g/mol. The molecule has 0 fully saturated rings. The smallest absolute Gasteiger partial charge is 0.411 e. The van der Waals surface area contributed by atoms with E-state index < -0.39 is 18.0 Å². The van der Waals surface area contributed by atoms with Crippen molar-refractivity contribution in [2.45, 2.75) is 19.4 Å². The molecule has 1 amide bonds. The third-order valence-electron chi connectivity index (χ3n) is 5.91. The zero-order valence-corrected chi connectivity index (χ0v) is 20.6. The fraction of sp³-hybridized carbons (Fsp3) is 0.192. The van der Waals surface area contributed by atoms with Gasteiger partial charge in [0.05, 0.1) is 46.4 Å². The number of carbonyl (C=O) groups is 1. The standard InChI is InChI=1S/C26H20FN5O4S/c1-13-6-16(22-19(7-13)31-21(34-2)11-29-22)25-32-20-9-18(27)23-17(24(20)37-25)8-15(36-23)12-35-26(33)30-14-4-3-5-28-10-14/h3-7,9-11,15H,8,12H2,1-2H3,(H,30,33). The second-order valence-corrected chi connectivity index (χ2v) is 9.53. The number of rotatable bonds is 5. The van der Waals surface area contributed by atoms with Crippen molar-refractivity contribution in [1.82, 2.24) is 19.9 Å². The van der Waals surface area contributed by atoms with Gasteiger partial charge in [-0.15, -0.1) is 11.3 Å². The Labute approximate surface area is 214 Å². The van der Waals surface area contributed by atoms with Gasteiger partial charge in [-0.1, -0.05) is 0 Å². The molecule has 0 bridgehead atoms. The van der Waals surface area contributed by atoms with E-state index in [0.29, 0.717) is 45.1 Å². The molecule has 1 N–H and O–H groups in total. The van der Waals surface area contributed by atoms with Gasteiger partial charge in [0.2, 0.25) is 5.88 Å². The number of carbonyl (C=O) groups excluding carboxylic acids is 1. The Bertz CT molecular complexity index is 1660. The van der Waals surface area contributed by atoms with Crippen molar-refractivity contribution in [2.75, 3.05) is 19.0 Å². The van der Waals surface area contributed by atoms with E-state index in [1.54, 1.807) is 31.6 Å². The van der Waals surface area contributed by atoms with Crippen molar-refractivity contribution < 1.29 is 23.4 Å². The van der Waals surface area contributed by atoms with Gasteiger partial charge in [-0.2, -0.15) is 0 Å². The van der Waals surface area contributed by atoms with Gasteiger partial charge in [0.15, 0.2) is 11.6 Å². The predicted molar refractivity (Wildman–Crippen MR) is 137 cm³/mol. The molecule has 1 atom stereocenters. The number of fused-ring (bicyclic) bond motifs is 4. The maximum Gasteiger partial charge on any atom is 0.411 e. The van der Waals surface area contributed by atoms with E-state index >= 15 is 0 Å². The fourth-order valence-corrected chi connectivity index (χ4v) is 5.42. The number of anilines is 1. The van der Waals surface area contributed by atoms with Crippen molar-refractivity contribution in [1.29, 1.82) is 0 Å². The SMILES string of the molecule is COc1cnc2c(-c3nc4cc(F)c5c(c4s3)CC(COC(=O)Nc3cccnc3)O5)cc(C)cc2n1. The molecule has 1 unspecified atom stereocenters. The van der Waals surface area contributed by atoms with E-state index in [4.69, 9.17) is 19.2 Å². The zero-order chi connectivity index (χ0) is 25.5. The molecular weight excluding hydrogens is 497 g/mol. The molecule has 2 aromatic carbocycles. The van der Waals surface area contributed by atoms with Crippen molar-refractivity contribution in [3.8, 4) is 22.2 Å². The summed E-state index contributed by atoms with van der Waals surface area (Å²) in [7, 11) is 1.54. The van der Waals surface area contributed by atoms with E-state index in [-0.39, 0.29) is 12.4 Å². The number of aryl methyl sites for hydroxylation is 1. The maximum absolute atomic E-state index is 15.0. The number of halogens is 1. The topological polar surface area (TPSA) is 108 Å². The number of aromatic nitrogens is 4. The van der Waals surface area contributed by atoms with Crippen LogP contribution >= 0.6 is 11.3 Å². The highest BCUT2D eigenvalue weighted by molar-refractivity contribution is 7.22. The lowest BCUT2D eigenvalue weighted by Gasteiger charge is -2.12. The lowest BCUT2D eigenvalue weighted by Crippen LogP contribution is -2.25. The average Bonchev–Trinajstić information content (AvgIpc) is 3.52. The van der Waals surface area contributed by atoms with Crippen LogP contribution in [0.4, 0.5) is 14.9 Å². The Hall–Kier alpha value is -4.38. The predicted octanol–water partition coefficient (Wildman–Crippen LogP) is 5.31. The Kier molecular flexibility index (Phi) is 5.76. The zero-order valence-electron chi connectivity index (χ0n) is 19.8. The first-order valence-corrected chi connectivity index (χ1v) is 12.2. The van der Waals surface area contributed by atoms with Crippen LogP contribution in [0, 0.1) is 12.7 Å². The molecule has 0 aliphatic carbocycles.